The Labute approximate surface area is 182 Å². The number of carbonyl (C=O) groups excluding carboxylic acids is 2. The Morgan fingerprint density at radius 3 is 2.19 bits per heavy atom. The van der Waals surface area contributed by atoms with E-state index in [-0.39, 0.29) is 18.1 Å². The summed E-state index contributed by atoms with van der Waals surface area (Å²) in [6.07, 6.45) is 5.62. The summed E-state index contributed by atoms with van der Waals surface area (Å²) in [7, 11) is 0. The number of ether oxygens (including phenoxy) is 1. The van der Waals surface area contributed by atoms with Gasteiger partial charge < -0.3 is 14.5 Å². The molecule has 1 atom stereocenters. The van der Waals surface area contributed by atoms with Crippen LogP contribution in [0.4, 0.5) is 10.5 Å². The maximum absolute atomic E-state index is 12.6. The van der Waals surface area contributed by atoms with Crippen molar-refractivity contribution in [2.75, 3.05) is 18.0 Å². The topological polar surface area (TPSA) is 62.7 Å². The van der Waals surface area contributed by atoms with Gasteiger partial charge in [0, 0.05) is 31.2 Å². The molecule has 0 bridgehead atoms. The fraction of sp³-hybridized carbons (Fsp3) is 0.240. The van der Waals surface area contributed by atoms with Crippen LogP contribution in [0, 0.1) is 5.92 Å². The number of hydrogen-bond acceptors (Lipinski definition) is 4. The molecule has 1 aliphatic heterocycles. The number of anilines is 1. The van der Waals surface area contributed by atoms with Gasteiger partial charge in [0.05, 0.1) is 6.04 Å². The maximum Gasteiger partial charge on any atom is 0.415 e. The molecule has 6 heteroatoms. The van der Waals surface area contributed by atoms with Crippen LogP contribution < -0.4 is 9.64 Å². The molecule has 4 rings (SSSR count). The highest BCUT2D eigenvalue weighted by atomic mass is 16.6. The third-order valence-corrected chi connectivity index (χ3v) is 5.71. The SMILES string of the molecule is O=CN(c1ccccc1)C(c1ccncc1)C1CCN(C(=O)Oc2ccccc2)CC1. The summed E-state index contributed by atoms with van der Waals surface area (Å²) in [5.74, 6) is 0.745. The Hall–Kier alpha value is -3.67. The van der Waals surface area contributed by atoms with Gasteiger partial charge in [-0.1, -0.05) is 36.4 Å². The second kappa shape index (κ2) is 9.89. The Morgan fingerprint density at radius 1 is 0.968 bits per heavy atom. The first kappa shape index (κ1) is 20.6. The highest BCUT2D eigenvalue weighted by Crippen LogP contribution is 2.37. The lowest BCUT2D eigenvalue weighted by atomic mass is 9.84. The quantitative estimate of drug-likeness (QED) is 0.548. The van der Waals surface area contributed by atoms with Crippen LogP contribution in [0.25, 0.3) is 0 Å². The van der Waals surface area contributed by atoms with Gasteiger partial charge in [0.25, 0.3) is 0 Å². The second-order valence-electron chi connectivity index (χ2n) is 7.58. The molecule has 1 saturated heterocycles. The van der Waals surface area contributed by atoms with Gasteiger partial charge in [-0.15, -0.1) is 0 Å². The third kappa shape index (κ3) is 4.91. The van der Waals surface area contributed by atoms with Crippen molar-refractivity contribution in [3.8, 4) is 5.75 Å². The molecule has 1 fully saturated rings. The van der Waals surface area contributed by atoms with Crippen molar-refractivity contribution in [3.05, 3.63) is 90.8 Å². The summed E-state index contributed by atoms with van der Waals surface area (Å²) in [6.45, 7) is 1.17. The van der Waals surface area contributed by atoms with Gasteiger partial charge in [-0.25, -0.2) is 4.79 Å². The highest BCUT2D eigenvalue weighted by Gasteiger charge is 2.34. The van der Waals surface area contributed by atoms with E-state index >= 15 is 0 Å². The van der Waals surface area contributed by atoms with Gasteiger partial charge >= 0.3 is 6.09 Å². The van der Waals surface area contributed by atoms with E-state index < -0.39 is 0 Å². The average Bonchev–Trinajstić information content (AvgIpc) is 2.84. The number of amides is 2. The van der Waals surface area contributed by atoms with Crippen molar-refractivity contribution in [1.29, 1.82) is 0 Å². The zero-order chi connectivity index (χ0) is 21.5. The molecule has 6 nitrogen and oxygen atoms in total. The van der Waals surface area contributed by atoms with Crippen molar-refractivity contribution < 1.29 is 14.3 Å². The van der Waals surface area contributed by atoms with Crippen LogP contribution in [0.15, 0.2) is 85.2 Å². The molecule has 158 valence electrons. The minimum absolute atomic E-state index is 0.129. The van der Waals surface area contributed by atoms with E-state index in [0.29, 0.717) is 18.8 Å². The molecular weight excluding hydrogens is 390 g/mol. The average molecular weight is 415 g/mol. The summed E-state index contributed by atoms with van der Waals surface area (Å²) < 4.78 is 5.48. The summed E-state index contributed by atoms with van der Waals surface area (Å²) >= 11 is 0. The molecule has 0 N–H and O–H groups in total. The summed E-state index contributed by atoms with van der Waals surface area (Å²) in [6, 6.07) is 22.6. The summed E-state index contributed by atoms with van der Waals surface area (Å²) in [5.41, 5.74) is 1.89. The molecule has 2 aromatic carbocycles. The van der Waals surface area contributed by atoms with Gasteiger partial charge in [0.2, 0.25) is 6.41 Å². The van der Waals surface area contributed by atoms with Crippen molar-refractivity contribution in [3.63, 3.8) is 0 Å². The summed E-state index contributed by atoms with van der Waals surface area (Å²) in [4.78, 5) is 32.4. The Bertz CT molecular complexity index is 975. The normalized spacial score (nSPS) is 15.2. The van der Waals surface area contributed by atoms with Crippen LogP contribution in [-0.2, 0) is 4.79 Å². The largest absolute Gasteiger partial charge is 0.415 e. The molecule has 0 radical (unpaired) electrons. The zero-order valence-electron chi connectivity index (χ0n) is 17.2. The molecule has 0 saturated carbocycles. The fourth-order valence-corrected chi connectivity index (χ4v) is 4.16. The number of piperidine rings is 1. The van der Waals surface area contributed by atoms with Crippen molar-refractivity contribution in [1.82, 2.24) is 9.88 Å². The lowest BCUT2D eigenvalue weighted by Crippen LogP contribution is -2.44. The van der Waals surface area contributed by atoms with E-state index in [1.807, 2.05) is 60.7 Å². The lowest BCUT2D eigenvalue weighted by molar-refractivity contribution is -0.108. The maximum atomic E-state index is 12.6. The number of pyridine rings is 1. The van der Waals surface area contributed by atoms with Crippen LogP contribution in [0.5, 0.6) is 5.75 Å². The van der Waals surface area contributed by atoms with Crippen molar-refractivity contribution in [2.45, 2.75) is 18.9 Å². The van der Waals surface area contributed by atoms with E-state index in [1.54, 1.807) is 34.3 Å². The number of rotatable bonds is 6. The number of nitrogens with zero attached hydrogens (tertiary/aromatic N) is 3. The van der Waals surface area contributed by atoms with Gasteiger partial charge in [0.1, 0.15) is 5.75 Å². The summed E-state index contributed by atoms with van der Waals surface area (Å²) in [5, 5.41) is 0. The van der Waals surface area contributed by atoms with E-state index in [1.165, 1.54) is 0 Å². The van der Waals surface area contributed by atoms with Gasteiger partial charge in [-0.2, -0.15) is 0 Å². The van der Waals surface area contributed by atoms with E-state index in [2.05, 4.69) is 4.98 Å². The number of benzene rings is 2. The molecule has 0 spiro atoms. The van der Waals surface area contributed by atoms with Gasteiger partial charge in [-0.3, -0.25) is 9.78 Å². The van der Waals surface area contributed by atoms with E-state index in [9.17, 15) is 9.59 Å². The smallest absolute Gasteiger partial charge is 0.410 e. The molecule has 2 heterocycles. The second-order valence-corrected chi connectivity index (χ2v) is 7.58. The molecule has 2 amide bonds. The number of hydrogen-bond donors (Lipinski definition) is 0. The zero-order valence-corrected chi connectivity index (χ0v) is 17.2. The van der Waals surface area contributed by atoms with Crippen molar-refractivity contribution >= 4 is 18.2 Å². The number of aromatic nitrogens is 1. The number of para-hydroxylation sites is 2. The predicted octanol–water partition coefficient (Wildman–Crippen LogP) is 4.70. The first-order chi connectivity index (χ1) is 15.3. The van der Waals surface area contributed by atoms with Crippen LogP contribution in [0.3, 0.4) is 0 Å². The minimum Gasteiger partial charge on any atom is -0.410 e. The van der Waals surface area contributed by atoms with E-state index in [4.69, 9.17) is 4.74 Å². The van der Waals surface area contributed by atoms with Crippen LogP contribution in [0.2, 0.25) is 0 Å². The Balaban J connectivity index is 1.50. The monoisotopic (exact) mass is 415 g/mol. The lowest BCUT2D eigenvalue weighted by Gasteiger charge is -2.39. The van der Waals surface area contributed by atoms with Crippen LogP contribution >= 0.6 is 0 Å². The van der Waals surface area contributed by atoms with E-state index in [0.717, 1.165) is 30.5 Å². The Kier molecular flexibility index (Phi) is 6.57. The molecule has 1 aromatic heterocycles. The fourth-order valence-electron chi connectivity index (χ4n) is 4.16. The van der Waals surface area contributed by atoms with Crippen LogP contribution in [-0.4, -0.2) is 35.5 Å². The third-order valence-electron chi connectivity index (χ3n) is 5.71. The molecule has 1 aliphatic rings. The predicted molar refractivity (Wildman–Crippen MR) is 119 cm³/mol. The van der Waals surface area contributed by atoms with Crippen LogP contribution in [0.1, 0.15) is 24.4 Å². The Morgan fingerprint density at radius 2 is 1.58 bits per heavy atom. The minimum atomic E-state index is -0.333. The molecule has 3 aromatic rings. The number of likely N-dealkylation sites (tertiary alicyclic amines) is 1. The molecule has 31 heavy (non-hydrogen) atoms. The molecular formula is C25H25N3O3. The standard InChI is InChI=1S/C25H25N3O3/c29-19-28(22-7-3-1-4-8-22)24(20-11-15-26-16-12-20)21-13-17-27(18-14-21)25(30)31-23-9-5-2-6-10-23/h1-12,15-16,19,21,24H,13-14,17-18H2. The van der Waals surface area contributed by atoms with Gasteiger partial charge in [0.15, 0.2) is 0 Å². The first-order valence-corrected chi connectivity index (χ1v) is 10.5. The first-order valence-electron chi connectivity index (χ1n) is 10.5. The highest BCUT2D eigenvalue weighted by molar-refractivity contribution is 5.76. The van der Waals surface area contributed by atoms with Crippen molar-refractivity contribution in [2.24, 2.45) is 5.92 Å². The molecule has 1 unspecified atom stereocenters. The molecule has 0 aliphatic carbocycles. The number of carbonyl (C=O) groups is 2. The van der Waals surface area contributed by atoms with Gasteiger partial charge in [-0.05, 0) is 60.7 Å².